The highest BCUT2D eigenvalue weighted by atomic mass is 16.3. The summed E-state index contributed by atoms with van der Waals surface area (Å²) in [6.45, 7) is 29.4. The average Bonchev–Trinajstić information content (AvgIpc) is 3.50. The van der Waals surface area contributed by atoms with Crippen molar-refractivity contribution in [2.24, 2.45) is 41.4 Å². The average molecular weight is 1200 g/mol. The maximum absolute atomic E-state index is 15.2. The van der Waals surface area contributed by atoms with Gasteiger partial charge in [-0.1, -0.05) is 116 Å². The number of nitrogens with one attached hydrogen (secondary N) is 5. The van der Waals surface area contributed by atoms with Gasteiger partial charge in [0.1, 0.15) is 60.4 Å². The molecule has 1 rings (SSSR count). The van der Waals surface area contributed by atoms with E-state index in [0.717, 1.165) is 9.80 Å². The first-order valence-corrected chi connectivity index (χ1v) is 30.7. The molecule has 0 aromatic carbocycles. The number of hydrogen-bond acceptors (Lipinski definition) is 12. The summed E-state index contributed by atoms with van der Waals surface area (Å²) in [7, 11) is 8.49. The summed E-state index contributed by atoms with van der Waals surface area (Å²) >= 11 is 0. The van der Waals surface area contributed by atoms with Gasteiger partial charge < -0.3 is 61.1 Å². The zero-order valence-corrected chi connectivity index (χ0v) is 55.8. The van der Waals surface area contributed by atoms with E-state index >= 15 is 9.59 Å². The highest BCUT2D eigenvalue weighted by Crippen LogP contribution is 2.25. The number of aliphatic hydroxyl groups is 1. The molecule has 0 bridgehead atoms. The van der Waals surface area contributed by atoms with Crippen LogP contribution in [0.15, 0.2) is 12.2 Å². The summed E-state index contributed by atoms with van der Waals surface area (Å²) in [4.78, 5) is 167. The Balaban J connectivity index is 4.31. The van der Waals surface area contributed by atoms with Gasteiger partial charge in [-0.15, -0.1) is 0 Å². The lowest BCUT2D eigenvalue weighted by atomic mass is 9.91. The summed E-state index contributed by atoms with van der Waals surface area (Å²) in [5.41, 5.74) is 0. The maximum Gasteiger partial charge on any atom is 0.246 e. The lowest BCUT2D eigenvalue weighted by Gasteiger charge is -2.41. The second-order valence-electron chi connectivity index (χ2n) is 26.1. The lowest BCUT2D eigenvalue weighted by Crippen LogP contribution is -2.63. The monoisotopic (exact) mass is 1200 g/mol. The van der Waals surface area contributed by atoms with Crippen molar-refractivity contribution < 1.29 is 57.8 Å². The fraction of sp³-hybridized carbons (Fsp3) is 0.790. The Morgan fingerprint density at radius 3 is 1.40 bits per heavy atom. The van der Waals surface area contributed by atoms with Gasteiger partial charge in [-0.2, -0.15) is 0 Å². The number of carbonyl (C=O) groups excluding carboxylic acids is 11. The smallest absolute Gasteiger partial charge is 0.246 e. The first kappa shape index (κ1) is 76.9. The fourth-order valence-corrected chi connectivity index (χ4v) is 10.6. The summed E-state index contributed by atoms with van der Waals surface area (Å²) < 4.78 is 0. The third-order valence-electron chi connectivity index (χ3n) is 15.8. The van der Waals surface area contributed by atoms with Crippen LogP contribution in [0.1, 0.15) is 163 Å². The molecule has 0 unspecified atom stereocenters. The third kappa shape index (κ3) is 22.6. The number of aliphatic hydroxyl groups excluding tert-OH is 1. The van der Waals surface area contributed by atoms with E-state index < -0.39 is 156 Å². The molecule has 11 amide bonds. The second kappa shape index (κ2) is 35.5. The van der Waals surface area contributed by atoms with Gasteiger partial charge in [0.05, 0.1) is 12.6 Å². The quantitative estimate of drug-likeness (QED) is 0.121. The largest absolute Gasteiger partial charge is 0.390 e. The standard InChI is InChI=1S/C62H111N11O12/c1-24-26-28-40(15)52(75)51-57(80)65-43(27-25-2)59(82)68(18)33-48(74)69(19)45(30-35(5)6)55(78)67-49(38(11)12)56(79)66-44(29-34(3)4)54(77)63-41(16)53(76)64-42(17)58(81)70(20)46(31-36(7)8)60(83)71(21)47(32-37(9)10)61(84)72(22)50(39(13)14)62(85)73(51)23/h24,26,34-47,49-52,75H,25,27-33H2,1-23H3,(H,63,77)(H,64,76)(H,65,80)(H,66,79)(H,67,78)/b26-24+/t40-,41+,42-,43+,44+,45-,46+,47+,49-,50+,51+,52-/m1/s1. The fourth-order valence-electron chi connectivity index (χ4n) is 10.6. The van der Waals surface area contributed by atoms with E-state index in [4.69, 9.17) is 0 Å². The minimum atomic E-state index is -1.61. The van der Waals surface area contributed by atoms with Gasteiger partial charge >= 0.3 is 0 Å². The highest BCUT2D eigenvalue weighted by Gasteiger charge is 2.45. The van der Waals surface area contributed by atoms with Crippen LogP contribution in [-0.4, -0.2) is 215 Å². The van der Waals surface area contributed by atoms with Crippen molar-refractivity contribution in [3.8, 4) is 0 Å². The molecule has 0 aliphatic carbocycles. The van der Waals surface area contributed by atoms with Gasteiger partial charge in [-0.25, -0.2) is 0 Å². The molecular formula is C62H111N11O12. The molecule has 0 aromatic rings. The molecule has 1 fully saturated rings. The Morgan fingerprint density at radius 1 is 0.471 bits per heavy atom. The Labute approximate surface area is 508 Å². The topological polar surface area (TPSA) is 288 Å². The van der Waals surface area contributed by atoms with Gasteiger partial charge in [-0.3, -0.25) is 52.7 Å². The molecule has 0 saturated carbocycles. The predicted octanol–water partition coefficient (Wildman–Crippen LogP) is 3.32. The number of amides is 11. The lowest BCUT2D eigenvalue weighted by molar-refractivity contribution is -0.157. The van der Waals surface area contributed by atoms with E-state index in [-0.39, 0.29) is 55.8 Å². The third-order valence-corrected chi connectivity index (χ3v) is 15.8. The minimum absolute atomic E-state index is 0.0919. The van der Waals surface area contributed by atoms with Crippen molar-refractivity contribution in [3.63, 3.8) is 0 Å². The molecular weight excluding hydrogens is 1090 g/mol. The zero-order valence-electron chi connectivity index (χ0n) is 55.8. The summed E-state index contributed by atoms with van der Waals surface area (Å²) in [6, 6.07) is -12.4. The van der Waals surface area contributed by atoms with Gasteiger partial charge in [-0.05, 0) is 101 Å². The van der Waals surface area contributed by atoms with E-state index in [2.05, 4.69) is 26.6 Å². The Morgan fingerprint density at radius 2 is 0.929 bits per heavy atom. The molecule has 23 heteroatoms. The molecule has 85 heavy (non-hydrogen) atoms. The van der Waals surface area contributed by atoms with Crippen LogP contribution in [-0.2, 0) is 52.7 Å². The number of likely N-dealkylation sites (N-methyl/N-ethyl adjacent to an activating group) is 6. The highest BCUT2D eigenvalue weighted by molar-refractivity contribution is 5.99. The summed E-state index contributed by atoms with van der Waals surface area (Å²) in [6.07, 6.45) is 3.48. The summed E-state index contributed by atoms with van der Waals surface area (Å²) in [5.74, 6) is -9.83. The number of nitrogens with zero attached hydrogens (tertiary/aromatic N) is 6. The molecule has 486 valence electrons. The van der Waals surface area contributed by atoms with Crippen LogP contribution in [0.3, 0.4) is 0 Å². The van der Waals surface area contributed by atoms with Crippen LogP contribution in [0.5, 0.6) is 0 Å². The Bertz CT molecular complexity index is 2310. The Kier molecular flexibility index (Phi) is 32.1. The van der Waals surface area contributed by atoms with Crippen molar-refractivity contribution in [3.05, 3.63) is 12.2 Å². The van der Waals surface area contributed by atoms with Crippen molar-refractivity contribution in [1.82, 2.24) is 56.0 Å². The number of allylic oxidation sites excluding steroid dienone is 2. The molecule has 1 heterocycles. The van der Waals surface area contributed by atoms with E-state index in [1.807, 2.05) is 61.5 Å². The van der Waals surface area contributed by atoms with Crippen molar-refractivity contribution in [2.45, 2.75) is 229 Å². The van der Waals surface area contributed by atoms with Crippen LogP contribution >= 0.6 is 0 Å². The molecule has 1 aliphatic heterocycles. The van der Waals surface area contributed by atoms with Gasteiger partial charge in [0.2, 0.25) is 65.0 Å². The Hall–Kier alpha value is -6.13. The number of hydrogen-bond donors (Lipinski definition) is 6. The zero-order chi connectivity index (χ0) is 65.8. The van der Waals surface area contributed by atoms with Gasteiger partial charge in [0, 0.05) is 42.3 Å². The normalized spacial score (nSPS) is 26.8. The molecule has 1 saturated heterocycles. The summed E-state index contributed by atoms with van der Waals surface area (Å²) in [5, 5.41) is 25.8. The molecule has 1 aliphatic rings. The van der Waals surface area contributed by atoms with Crippen LogP contribution in [0.4, 0.5) is 0 Å². The molecule has 0 radical (unpaired) electrons. The van der Waals surface area contributed by atoms with Gasteiger partial charge in [0.15, 0.2) is 0 Å². The minimum Gasteiger partial charge on any atom is -0.390 e. The SMILES string of the molecule is C/C=C/C[C@@H](C)[C@@H](O)[C@H]1C(=O)N[C@@H](CCC)C(=O)N(C)CC(=O)N(C)[C@H](CC(C)C)C(=O)N[C@H](C(C)C)C(=O)N[C@@H](CC(C)C)C(=O)N[C@@H](C)C(=O)N[C@H](C)C(=O)N(C)[C@@H](CC(C)C)C(=O)N(C)[C@@H](CC(C)C)C(=O)N(C)[C@@H](C(C)C)C(=O)N1C. The van der Waals surface area contributed by atoms with Crippen LogP contribution < -0.4 is 26.6 Å². The van der Waals surface area contributed by atoms with Crippen LogP contribution in [0.2, 0.25) is 0 Å². The first-order valence-electron chi connectivity index (χ1n) is 30.7. The van der Waals surface area contributed by atoms with E-state index in [9.17, 15) is 48.3 Å². The van der Waals surface area contributed by atoms with Crippen LogP contribution in [0.25, 0.3) is 0 Å². The number of rotatable bonds is 16. The second-order valence-corrected chi connectivity index (χ2v) is 26.1. The predicted molar refractivity (Wildman–Crippen MR) is 328 cm³/mol. The van der Waals surface area contributed by atoms with E-state index in [1.165, 1.54) is 75.7 Å². The number of carbonyl (C=O) groups is 11. The molecule has 0 aromatic heterocycles. The van der Waals surface area contributed by atoms with Crippen molar-refractivity contribution >= 4 is 65.0 Å². The molecule has 12 atom stereocenters. The van der Waals surface area contributed by atoms with E-state index in [0.29, 0.717) is 12.8 Å². The van der Waals surface area contributed by atoms with Gasteiger partial charge in [0.25, 0.3) is 0 Å². The molecule has 6 N–H and O–H groups in total. The van der Waals surface area contributed by atoms with Crippen molar-refractivity contribution in [1.29, 1.82) is 0 Å². The maximum atomic E-state index is 15.2. The van der Waals surface area contributed by atoms with Crippen molar-refractivity contribution in [2.75, 3.05) is 48.8 Å². The van der Waals surface area contributed by atoms with Crippen LogP contribution in [0, 0.1) is 41.4 Å². The van der Waals surface area contributed by atoms with E-state index in [1.54, 1.807) is 54.5 Å². The first-order chi connectivity index (χ1) is 39.3. The molecule has 23 nitrogen and oxygen atoms in total. The molecule has 0 spiro atoms.